The SMILES string of the molecule is CC(=O)N[C@@H]1[C@@H](O[C@H]2C[C@@H](O[C@]3(C(=O)O)C[C@H](O)[C@@H](NC(C)=O)[C@H]([C@H](O)[C@H](O)CO)O3)C[C@@H](CO)O2)[C@@H](O)[C@@H](CO)O[C@@H]1O. The first-order chi connectivity index (χ1) is 20.7. The second-order valence-corrected chi connectivity index (χ2v) is 11.0. The van der Waals surface area contributed by atoms with Crippen LogP contribution >= 0.6 is 0 Å². The minimum atomic E-state index is -2.68. The molecular formula is C25H42N2O17. The molecule has 0 aromatic carbocycles. The van der Waals surface area contributed by atoms with Gasteiger partial charge in [-0.2, -0.15) is 0 Å². The van der Waals surface area contributed by atoms with Gasteiger partial charge in [-0.25, -0.2) is 4.79 Å². The Bertz CT molecular complexity index is 990. The summed E-state index contributed by atoms with van der Waals surface area (Å²) < 4.78 is 28.2. The van der Waals surface area contributed by atoms with Crippen LogP contribution in [0.5, 0.6) is 0 Å². The first kappa shape index (κ1) is 36.4. The van der Waals surface area contributed by atoms with E-state index in [1.807, 2.05) is 0 Å². The van der Waals surface area contributed by atoms with Crippen LogP contribution in [0.15, 0.2) is 0 Å². The topological polar surface area (TPSA) is 303 Å². The van der Waals surface area contributed by atoms with Crippen molar-refractivity contribution in [1.82, 2.24) is 10.6 Å². The molecule has 0 aliphatic carbocycles. The van der Waals surface area contributed by atoms with E-state index in [0.29, 0.717) is 0 Å². The predicted octanol–water partition coefficient (Wildman–Crippen LogP) is -6.02. The predicted molar refractivity (Wildman–Crippen MR) is 139 cm³/mol. The Balaban J connectivity index is 1.88. The Morgan fingerprint density at radius 3 is 2.14 bits per heavy atom. The quantitative estimate of drug-likeness (QED) is 0.0944. The van der Waals surface area contributed by atoms with E-state index in [0.717, 1.165) is 13.8 Å². The minimum Gasteiger partial charge on any atom is -0.477 e. The molecule has 14 atom stereocenters. The number of amides is 2. The van der Waals surface area contributed by atoms with E-state index >= 15 is 0 Å². The largest absolute Gasteiger partial charge is 0.477 e. The number of ether oxygens (including phenoxy) is 5. The zero-order valence-electron chi connectivity index (χ0n) is 24.0. The normalized spacial score (nSPS) is 40.9. The van der Waals surface area contributed by atoms with Gasteiger partial charge in [0.05, 0.1) is 44.2 Å². The Morgan fingerprint density at radius 2 is 1.59 bits per heavy atom. The van der Waals surface area contributed by atoms with E-state index in [1.165, 1.54) is 0 Å². The summed E-state index contributed by atoms with van der Waals surface area (Å²) in [5.74, 6) is -5.72. The van der Waals surface area contributed by atoms with Crippen LogP contribution in [0.1, 0.15) is 33.1 Å². The number of aliphatic hydroxyl groups is 8. The van der Waals surface area contributed by atoms with Gasteiger partial charge in [0.2, 0.25) is 11.8 Å². The first-order valence-corrected chi connectivity index (χ1v) is 14.0. The van der Waals surface area contributed by atoms with Crippen molar-refractivity contribution >= 4 is 17.8 Å². The Labute approximate surface area is 251 Å². The van der Waals surface area contributed by atoms with E-state index in [2.05, 4.69) is 10.6 Å². The third-order valence-corrected chi connectivity index (χ3v) is 7.62. The van der Waals surface area contributed by atoms with E-state index < -0.39 is 129 Å². The number of nitrogens with one attached hydrogen (secondary N) is 2. The van der Waals surface area contributed by atoms with Crippen molar-refractivity contribution < 1.29 is 84.0 Å². The summed E-state index contributed by atoms with van der Waals surface area (Å²) in [5, 5.41) is 96.4. The van der Waals surface area contributed by atoms with Crippen molar-refractivity contribution in [3.63, 3.8) is 0 Å². The molecule has 0 bridgehead atoms. The van der Waals surface area contributed by atoms with E-state index in [4.69, 9.17) is 23.7 Å². The van der Waals surface area contributed by atoms with Gasteiger partial charge in [-0.1, -0.05) is 0 Å². The molecule has 0 saturated carbocycles. The lowest BCUT2D eigenvalue weighted by atomic mass is 9.88. The van der Waals surface area contributed by atoms with Crippen LogP contribution in [0.3, 0.4) is 0 Å². The van der Waals surface area contributed by atoms with Crippen LogP contribution in [0.2, 0.25) is 0 Å². The summed E-state index contributed by atoms with van der Waals surface area (Å²) in [6.07, 6.45) is -18.1. The van der Waals surface area contributed by atoms with Gasteiger partial charge in [-0.05, 0) is 0 Å². The number of carboxylic acids is 1. The van der Waals surface area contributed by atoms with Crippen LogP contribution in [0.25, 0.3) is 0 Å². The fourth-order valence-electron chi connectivity index (χ4n) is 5.56. The molecule has 3 saturated heterocycles. The third kappa shape index (κ3) is 8.37. The summed E-state index contributed by atoms with van der Waals surface area (Å²) >= 11 is 0. The highest BCUT2D eigenvalue weighted by Crippen LogP contribution is 2.37. The fourth-order valence-corrected chi connectivity index (χ4v) is 5.56. The molecule has 3 aliphatic heterocycles. The van der Waals surface area contributed by atoms with Gasteiger partial charge >= 0.3 is 5.97 Å². The lowest BCUT2D eigenvalue weighted by Gasteiger charge is -2.49. The molecule has 0 spiro atoms. The van der Waals surface area contributed by atoms with E-state index in [-0.39, 0.29) is 12.8 Å². The molecule has 0 aromatic rings. The summed E-state index contributed by atoms with van der Waals surface area (Å²) in [6, 6.07) is -2.75. The number of hydrogen-bond donors (Lipinski definition) is 11. The van der Waals surface area contributed by atoms with Crippen molar-refractivity contribution in [3.05, 3.63) is 0 Å². The van der Waals surface area contributed by atoms with Gasteiger partial charge in [-0.3, -0.25) is 9.59 Å². The van der Waals surface area contributed by atoms with Crippen molar-refractivity contribution in [1.29, 1.82) is 0 Å². The molecule has 0 aromatic heterocycles. The number of carbonyl (C=O) groups excluding carboxylic acids is 2. The van der Waals surface area contributed by atoms with Crippen LogP contribution in [0, 0.1) is 0 Å². The molecule has 3 fully saturated rings. The Hall–Kier alpha value is -2.11. The molecule has 44 heavy (non-hydrogen) atoms. The number of carboxylic acid groups (broad SMARTS) is 1. The number of aliphatic hydroxyl groups excluding tert-OH is 8. The van der Waals surface area contributed by atoms with E-state index in [9.17, 15) is 60.3 Å². The smallest absolute Gasteiger partial charge is 0.364 e. The van der Waals surface area contributed by atoms with Crippen molar-refractivity contribution in [2.75, 3.05) is 19.8 Å². The van der Waals surface area contributed by atoms with Gasteiger partial charge < -0.3 is 80.3 Å². The molecule has 2 amide bonds. The molecule has 0 radical (unpaired) electrons. The number of carbonyl (C=O) groups is 3. The van der Waals surface area contributed by atoms with Gasteiger partial charge in [0.25, 0.3) is 5.79 Å². The molecule has 19 nitrogen and oxygen atoms in total. The highest BCUT2D eigenvalue weighted by molar-refractivity contribution is 5.76. The zero-order valence-corrected chi connectivity index (χ0v) is 24.0. The number of aliphatic carboxylic acids is 1. The molecule has 0 unspecified atom stereocenters. The summed E-state index contributed by atoms with van der Waals surface area (Å²) in [6.45, 7) is -0.0590. The number of hydrogen-bond acceptors (Lipinski definition) is 16. The molecule has 254 valence electrons. The lowest BCUT2D eigenvalue weighted by Crippen LogP contribution is -2.68. The van der Waals surface area contributed by atoms with Gasteiger partial charge in [0.1, 0.15) is 42.7 Å². The molecule has 3 rings (SSSR count). The molecule has 3 heterocycles. The van der Waals surface area contributed by atoms with Crippen LogP contribution in [-0.2, 0) is 38.1 Å². The van der Waals surface area contributed by atoms with Crippen molar-refractivity contribution in [2.24, 2.45) is 0 Å². The maximum absolute atomic E-state index is 12.6. The second-order valence-electron chi connectivity index (χ2n) is 11.0. The lowest BCUT2D eigenvalue weighted by molar-refractivity contribution is -0.345. The number of rotatable bonds is 12. The van der Waals surface area contributed by atoms with Crippen LogP contribution in [-0.4, -0.2) is 169 Å². The molecular weight excluding hydrogens is 600 g/mol. The fraction of sp³-hybridized carbons (Fsp3) is 0.880. The Kier molecular flexibility index (Phi) is 12.8. The minimum absolute atomic E-state index is 0.139. The van der Waals surface area contributed by atoms with Crippen LogP contribution in [0.4, 0.5) is 0 Å². The van der Waals surface area contributed by atoms with Gasteiger partial charge in [0.15, 0.2) is 12.6 Å². The third-order valence-electron chi connectivity index (χ3n) is 7.62. The zero-order chi connectivity index (χ0) is 32.9. The average Bonchev–Trinajstić information content (AvgIpc) is 2.96. The summed E-state index contributed by atoms with van der Waals surface area (Å²) in [4.78, 5) is 36.1. The van der Waals surface area contributed by atoms with Crippen molar-refractivity contribution in [2.45, 2.75) is 118 Å². The van der Waals surface area contributed by atoms with Crippen LogP contribution < -0.4 is 10.6 Å². The monoisotopic (exact) mass is 642 g/mol. The summed E-state index contributed by atoms with van der Waals surface area (Å²) in [7, 11) is 0. The van der Waals surface area contributed by atoms with Crippen molar-refractivity contribution in [3.8, 4) is 0 Å². The van der Waals surface area contributed by atoms with E-state index in [1.54, 1.807) is 0 Å². The highest BCUT2D eigenvalue weighted by Gasteiger charge is 2.57. The maximum atomic E-state index is 12.6. The van der Waals surface area contributed by atoms with Gasteiger partial charge in [-0.15, -0.1) is 0 Å². The second kappa shape index (κ2) is 15.5. The van der Waals surface area contributed by atoms with Gasteiger partial charge in [0, 0.05) is 33.1 Å². The highest BCUT2D eigenvalue weighted by atomic mass is 16.7. The molecule has 3 aliphatic rings. The average molecular weight is 643 g/mol. The Morgan fingerprint density at radius 1 is 0.955 bits per heavy atom. The summed E-state index contributed by atoms with van der Waals surface area (Å²) in [5.41, 5.74) is 0. The molecule has 11 N–H and O–H groups in total. The molecule has 19 heteroatoms. The standard InChI is InChI=1S/C25H42N2O17/c1-9(31)26-17-13(33)5-25(24(38)39,44-22(17)19(35)14(34)7-29)43-11-3-12(6-28)40-16(4-11)42-21-18(27-10(2)32)23(37)41-15(8-30)20(21)36/h11-23,28-30,33-37H,3-8H2,1-2H3,(H,26,31)(H,27,32)(H,38,39)/t11-,12-,13-,14+,15+,16-,17+,18+,19+,20-,21+,22+,23-,25+/m0/s1. The first-order valence-electron chi connectivity index (χ1n) is 14.0. The maximum Gasteiger partial charge on any atom is 0.364 e.